The van der Waals surface area contributed by atoms with Gasteiger partial charge in [-0.05, 0) is 45.4 Å². The molecular formula is C17H26N2O. The molecule has 2 aliphatic rings. The van der Waals surface area contributed by atoms with Crippen LogP contribution in [0.2, 0.25) is 0 Å². The van der Waals surface area contributed by atoms with Crippen LogP contribution in [0.4, 0.5) is 0 Å². The number of aryl methyl sites for hydroxylation is 1. The molecule has 2 heterocycles. The molecule has 1 fully saturated rings. The first-order valence-corrected chi connectivity index (χ1v) is 7.85. The molecule has 0 aromatic heterocycles. The maximum absolute atomic E-state index is 6.13. The monoisotopic (exact) mass is 274 g/mol. The lowest BCUT2D eigenvalue weighted by Crippen LogP contribution is -2.43. The van der Waals surface area contributed by atoms with Crippen molar-refractivity contribution in [3.8, 4) is 5.75 Å². The Balaban J connectivity index is 1.64. The Morgan fingerprint density at radius 1 is 1.35 bits per heavy atom. The molecule has 1 saturated heterocycles. The summed E-state index contributed by atoms with van der Waals surface area (Å²) in [5, 5.41) is 3.57. The highest BCUT2D eigenvalue weighted by Crippen LogP contribution is 2.30. The highest BCUT2D eigenvalue weighted by atomic mass is 16.5. The Labute approximate surface area is 122 Å². The van der Waals surface area contributed by atoms with Crippen molar-refractivity contribution in [2.75, 3.05) is 19.6 Å². The van der Waals surface area contributed by atoms with Crippen LogP contribution >= 0.6 is 0 Å². The molecule has 0 bridgehead atoms. The Hall–Kier alpha value is -1.06. The predicted molar refractivity (Wildman–Crippen MR) is 82.4 cm³/mol. The van der Waals surface area contributed by atoms with Crippen molar-refractivity contribution in [1.29, 1.82) is 0 Å². The largest absolute Gasteiger partial charge is 0.488 e. The number of nitrogens with zero attached hydrogens (tertiary/aromatic N) is 1. The molecule has 3 atom stereocenters. The summed E-state index contributed by atoms with van der Waals surface area (Å²) in [6, 6.07) is 7.75. The number of hydrogen-bond acceptors (Lipinski definition) is 3. The average molecular weight is 274 g/mol. The van der Waals surface area contributed by atoms with E-state index in [1.807, 2.05) is 0 Å². The Kier molecular flexibility index (Phi) is 3.99. The predicted octanol–water partition coefficient (Wildman–Crippen LogP) is 2.37. The minimum Gasteiger partial charge on any atom is -0.488 e. The quantitative estimate of drug-likeness (QED) is 0.896. The van der Waals surface area contributed by atoms with Gasteiger partial charge in [0.2, 0.25) is 0 Å². The topological polar surface area (TPSA) is 24.5 Å². The number of rotatable bonds is 2. The fraction of sp³-hybridized carbons (Fsp3) is 0.647. The van der Waals surface area contributed by atoms with Gasteiger partial charge in [0.25, 0.3) is 0 Å². The number of ether oxygens (including phenoxy) is 1. The van der Waals surface area contributed by atoms with Gasteiger partial charge in [0.15, 0.2) is 0 Å². The summed E-state index contributed by atoms with van der Waals surface area (Å²) in [6.45, 7) is 10.1. The zero-order chi connectivity index (χ0) is 14.1. The van der Waals surface area contributed by atoms with E-state index in [0.717, 1.165) is 31.8 Å². The van der Waals surface area contributed by atoms with Crippen LogP contribution in [0.3, 0.4) is 0 Å². The first-order valence-electron chi connectivity index (χ1n) is 7.85. The smallest absolute Gasteiger partial charge is 0.123 e. The third-order valence-electron chi connectivity index (χ3n) is 4.58. The van der Waals surface area contributed by atoms with Gasteiger partial charge in [-0.1, -0.05) is 17.7 Å². The van der Waals surface area contributed by atoms with Crippen LogP contribution in [0.5, 0.6) is 5.75 Å². The van der Waals surface area contributed by atoms with Gasteiger partial charge in [0, 0.05) is 31.6 Å². The van der Waals surface area contributed by atoms with Crippen LogP contribution in [-0.2, 0) is 6.42 Å². The molecule has 3 rings (SSSR count). The SMILES string of the molecule is Cc1ccc2c(c1)CC(CN1CC(C)NCCC1C)O2. The number of fused-ring (bicyclic) bond motifs is 1. The van der Waals surface area contributed by atoms with Crippen LogP contribution in [0.15, 0.2) is 18.2 Å². The Bertz CT molecular complexity index is 474. The molecule has 0 saturated carbocycles. The van der Waals surface area contributed by atoms with Crippen molar-refractivity contribution in [2.45, 2.75) is 51.8 Å². The number of benzene rings is 1. The van der Waals surface area contributed by atoms with Crippen molar-refractivity contribution >= 4 is 0 Å². The van der Waals surface area contributed by atoms with E-state index in [-0.39, 0.29) is 0 Å². The van der Waals surface area contributed by atoms with Gasteiger partial charge < -0.3 is 10.1 Å². The van der Waals surface area contributed by atoms with E-state index < -0.39 is 0 Å². The van der Waals surface area contributed by atoms with Crippen LogP contribution in [0.25, 0.3) is 0 Å². The van der Waals surface area contributed by atoms with Crippen LogP contribution in [-0.4, -0.2) is 42.7 Å². The molecule has 0 amide bonds. The third-order valence-corrected chi connectivity index (χ3v) is 4.58. The molecule has 20 heavy (non-hydrogen) atoms. The molecular weight excluding hydrogens is 248 g/mol. The van der Waals surface area contributed by atoms with Gasteiger partial charge >= 0.3 is 0 Å². The summed E-state index contributed by atoms with van der Waals surface area (Å²) in [7, 11) is 0. The van der Waals surface area contributed by atoms with Crippen LogP contribution in [0, 0.1) is 6.92 Å². The maximum atomic E-state index is 6.13. The fourth-order valence-corrected chi connectivity index (χ4v) is 3.38. The zero-order valence-electron chi connectivity index (χ0n) is 12.9. The summed E-state index contributed by atoms with van der Waals surface area (Å²) >= 11 is 0. The molecule has 1 N–H and O–H groups in total. The van der Waals surface area contributed by atoms with E-state index in [1.165, 1.54) is 17.5 Å². The second kappa shape index (κ2) is 5.74. The summed E-state index contributed by atoms with van der Waals surface area (Å²) in [5.41, 5.74) is 2.71. The van der Waals surface area contributed by atoms with Crippen LogP contribution in [0.1, 0.15) is 31.4 Å². The molecule has 3 unspecified atom stereocenters. The van der Waals surface area contributed by atoms with Gasteiger partial charge in [0.1, 0.15) is 11.9 Å². The normalized spacial score (nSPS) is 30.6. The van der Waals surface area contributed by atoms with Crippen molar-refractivity contribution in [1.82, 2.24) is 10.2 Å². The minimum absolute atomic E-state index is 0.319. The third kappa shape index (κ3) is 2.99. The molecule has 3 nitrogen and oxygen atoms in total. The zero-order valence-corrected chi connectivity index (χ0v) is 12.9. The average Bonchev–Trinajstić information content (AvgIpc) is 2.71. The van der Waals surface area contributed by atoms with Crippen molar-refractivity contribution in [3.05, 3.63) is 29.3 Å². The summed E-state index contributed by atoms with van der Waals surface area (Å²) in [5.74, 6) is 1.09. The van der Waals surface area contributed by atoms with Gasteiger partial charge in [-0.15, -0.1) is 0 Å². The molecule has 1 aromatic carbocycles. The summed E-state index contributed by atoms with van der Waals surface area (Å²) in [4.78, 5) is 2.59. The number of hydrogen-bond donors (Lipinski definition) is 1. The molecule has 3 heteroatoms. The summed E-state index contributed by atoms with van der Waals surface area (Å²) < 4.78 is 6.13. The maximum Gasteiger partial charge on any atom is 0.123 e. The van der Waals surface area contributed by atoms with Gasteiger partial charge in [0.05, 0.1) is 0 Å². The van der Waals surface area contributed by atoms with E-state index in [4.69, 9.17) is 4.74 Å². The minimum atomic E-state index is 0.319. The second-order valence-corrected chi connectivity index (χ2v) is 6.50. The van der Waals surface area contributed by atoms with Crippen molar-refractivity contribution in [3.63, 3.8) is 0 Å². The van der Waals surface area contributed by atoms with Gasteiger partial charge in [-0.3, -0.25) is 4.90 Å². The molecule has 0 aliphatic carbocycles. The lowest BCUT2D eigenvalue weighted by Gasteiger charge is -2.30. The number of nitrogens with one attached hydrogen (secondary N) is 1. The fourth-order valence-electron chi connectivity index (χ4n) is 3.38. The molecule has 2 aliphatic heterocycles. The van der Waals surface area contributed by atoms with E-state index in [9.17, 15) is 0 Å². The van der Waals surface area contributed by atoms with E-state index in [2.05, 4.69) is 49.2 Å². The van der Waals surface area contributed by atoms with Crippen molar-refractivity contribution < 1.29 is 4.74 Å². The van der Waals surface area contributed by atoms with E-state index in [0.29, 0.717) is 18.2 Å². The summed E-state index contributed by atoms with van der Waals surface area (Å²) in [6.07, 6.45) is 2.60. The first kappa shape index (κ1) is 13.9. The Morgan fingerprint density at radius 3 is 3.05 bits per heavy atom. The first-order chi connectivity index (χ1) is 9.61. The Morgan fingerprint density at radius 2 is 2.20 bits per heavy atom. The second-order valence-electron chi connectivity index (χ2n) is 6.50. The van der Waals surface area contributed by atoms with Crippen LogP contribution < -0.4 is 10.1 Å². The van der Waals surface area contributed by atoms with Gasteiger partial charge in [-0.25, -0.2) is 0 Å². The highest BCUT2D eigenvalue weighted by molar-refractivity contribution is 5.40. The van der Waals surface area contributed by atoms with E-state index >= 15 is 0 Å². The molecule has 110 valence electrons. The highest BCUT2D eigenvalue weighted by Gasteiger charge is 2.28. The molecule has 0 spiro atoms. The lowest BCUT2D eigenvalue weighted by molar-refractivity contribution is 0.121. The molecule has 0 radical (unpaired) electrons. The van der Waals surface area contributed by atoms with Gasteiger partial charge in [-0.2, -0.15) is 0 Å². The standard InChI is InChI=1S/C17H26N2O/c1-12-4-5-17-15(8-12)9-16(20-17)11-19-10-13(2)18-7-6-14(19)3/h4-5,8,13-14,16,18H,6-7,9-11H2,1-3H3. The lowest BCUT2D eigenvalue weighted by atomic mass is 10.1. The molecule has 1 aromatic rings. The van der Waals surface area contributed by atoms with E-state index in [1.54, 1.807) is 0 Å². The van der Waals surface area contributed by atoms with Crippen molar-refractivity contribution in [2.24, 2.45) is 0 Å².